The number of hydrogen-bond acceptors (Lipinski definition) is 4. The van der Waals surface area contributed by atoms with Crippen molar-refractivity contribution in [1.82, 2.24) is 10.2 Å². The predicted octanol–water partition coefficient (Wildman–Crippen LogP) is -0.530. The van der Waals surface area contributed by atoms with Crippen LogP contribution in [0.3, 0.4) is 0 Å². The van der Waals surface area contributed by atoms with Gasteiger partial charge in [-0.05, 0) is 6.92 Å². The number of rotatable bonds is 5. The van der Waals surface area contributed by atoms with Crippen molar-refractivity contribution in [1.29, 1.82) is 0 Å². The first-order valence-electron chi connectivity index (χ1n) is 5.32. The van der Waals surface area contributed by atoms with Gasteiger partial charge in [-0.25, -0.2) is 0 Å². The maximum absolute atomic E-state index is 11.7. The standard InChI is InChI=1S/C10H20N2O3/c1-9-7-11-3-4-12(9)10(13)8-15-6-5-14-2/h9,11H,3-8H2,1-2H3/t9-/m1/s1. The molecule has 1 amide bonds. The quantitative estimate of drug-likeness (QED) is 0.628. The average Bonchev–Trinajstić information content (AvgIpc) is 2.25. The van der Waals surface area contributed by atoms with E-state index in [0.717, 1.165) is 19.6 Å². The van der Waals surface area contributed by atoms with Crippen molar-refractivity contribution in [2.45, 2.75) is 13.0 Å². The Morgan fingerprint density at radius 3 is 3.00 bits per heavy atom. The minimum absolute atomic E-state index is 0.0695. The smallest absolute Gasteiger partial charge is 0.248 e. The molecule has 1 atom stereocenters. The van der Waals surface area contributed by atoms with Gasteiger partial charge >= 0.3 is 0 Å². The molecule has 1 aliphatic rings. The van der Waals surface area contributed by atoms with Crippen molar-refractivity contribution in [3.05, 3.63) is 0 Å². The second-order valence-electron chi connectivity index (χ2n) is 3.69. The van der Waals surface area contributed by atoms with Gasteiger partial charge in [-0.2, -0.15) is 0 Å². The molecule has 15 heavy (non-hydrogen) atoms. The van der Waals surface area contributed by atoms with Crippen LogP contribution < -0.4 is 5.32 Å². The second-order valence-corrected chi connectivity index (χ2v) is 3.69. The summed E-state index contributed by atoms with van der Waals surface area (Å²) >= 11 is 0. The van der Waals surface area contributed by atoms with E-state index in [0.29, 0.717) is 13.2 Å². The largest absolute Gasteiger partial charge is 0.382 e. The summed E-state index contributed by atoms with van der Waals surface area (Å²) in [7, 11) is 1.61. The van der Waals surface area contributed by atoms with E-state index in [9.17, 15) is 4.79 Å². The molecule has 1 rings (SSSR count). The molecule has 1 fully saturated rings. The van der Waals surface area contributed by atoms with Crippen molar-refractivity contribution in [2.75, 3.05) is 46.6 Å². The van der Waals surface area contributed by atoms with Crippen molar-refractivity contribution in [3.8, 4) is 0 Å². The lowest BCUT2D eigenvalue weighted by Crippen LogP contribution is -2.53. The molecule has 0 bridgehead atoms. The summed E-state index contributed by atoms with van der Waals surface area (Å²) in [4.78, 5) is 13.6. The number of carbonyl (C=O) groups excluding carboxylic acids is 1. The number of nitrogens with one attached hydrogen (secondary N) is 1. The predicted molar refractivity (Wildman–Crippen MR) is 56.7 cm³/mol. The van der Waals surface area contributed by atoms with Gasteiger partial charge in [0.25, 0.3) is 0 Å². The van der Waals surface area contributed by atoms with Gasteiger partial charge in [0.2, 0.25) is 5.91 Å². The van der Waals surface area contributed by atoms with Gasteiger partial charge in [-0.1, -0.05) is 0 Å². The molecule has 1 aliphatic heterocycles. The number of piperazine rings is 1. The zero-order valence-electron chi connectivity index (χ0n) is 9.49. The zero-order chi connectivity index (χ0) is 11.1. The molecular formula is C10H20N2O3. The van der Waals surface area contributed by atoms with Crippen LogP contribution in [0.4, 0.5) is 0 Å². The van der Waals surface area contributed by atoms with Gasteiger partial charge < -0.3 is 19.7 Å². The molecular weight excluding hydrogens is 196 g/mol. The van der Waals surface area contributed by atoms with Crippen LogP contribution in [0.1, 0.15) is 6.92 Å². The monoisotopic (exact) mass is 216 g/mol. The highest BCUT2D eigenvalue weighted by Crippen LogP contribution is 2.02. The van der Waals surface area contributed by atoms with Crippen molar-refractivity contribution in [3.63, 3.8) is 0 Å². The topological polar surface area (TPSA) is 50.8 Å². The van der Waals surface area contributed by atoms with Crippen LogP contribution in [-0.2, 0) is 14.3 Å². The molecule has 88 valence electrons. The zero-order valence-corrected chi connectivity index (χ0v) is 9.49. The minimum Gasteiger partial charge on any atom is -0.382 e. The highest BCUT2D eigenvalue weighted by molar-refractivity contribution is 5.77. The van der Waals surface area contributed by atoms with Crippen LogP contribution in [0.2, 0.25) is 0 Å². The number of hydrogen-bond donors (Lipinski definition) is 1. The van der Waals surface area contributed by atoms with E-state index in [1.807, 2.05) is 11.8 Å². The summed E-state index contributed by atoms with van der Waals surface area (Å²) < 4.78 is 10.0. The Bertz CT molecular complexity index is 199. The number of methoxy groups -OCH3 is 1. The van der Waals surface area contributed by atoms with Crippen LogP contribution in [0, 0.1) is 0 Å². The first-order chi connectivity index (χ1) is 7.25. The summed E-state index contributed by atoms with van der Waals surface area (Å²) in [6.45, 7) is 5.71. The molecule has 0 aromatic carbocycles. The summed E-state index contributed by atoms with van der Waals surface area (Å²) in [6.07, 6.45) is 0. The third-order valence-electron chi connectivity index (χ3n) is 2.48. The fourth-order valence-electron chi connectivity index (χ4n) is 1.60. The molecule has 0 unspecified atom stereocenters. The molecule has 0 saturated carbocycles. The van der Waals surface area contributed by atoms with Crippen molar-refractivity contribution < 1.29 is 14.3 Å². The molecule has 0 aromatic heterocycles. The Morgan fingerprint density at radius 2 is 2.33 bits per heavy atom. The van der Waals surface area contributed by atoms with Gasteiger partial charge in [-0.15, -0.1) is 0 Å². The van der Waals surface area contributed by atoms with Gasteiger partial charge in [-0.3, -0.25) is 4.79 Å². The van der Waals surface area contributed by atoms with Crippen LogP contribution in [0.25, 0.3) is 0 Å². The fourth-order valence-corrected chi connectivity index (χ4v) is 1.60. The fraction of sp³-hybridized carbons (Fsp3) is 0.900. The van der Waals surface area contributed by atoms with Gasteiger partial charge in [0.1, 0.15) is 6.61 Å². The lowest BCUT2D eigenvalue weighted by atomic mass is 10.2. The van der Waals surface area contributed by atoms with Crippen LogP contribution >= 0.6 is 0 Å². The van der Waals surface area contributed by atoms with E-state index in [4.69, 9.17) is 9.47 Å². The van der Waals surface area contributed by atoms with Crippen LogP contribution in [0.15, 0.2) is 0 Å². The van der Waals surface area contributed by atoms with Crippen LogP contribution in [-0.4, -0.2) is 63.4 Å². The Hall–Kier alpha value is -0.650. The number of carbonyl (C=O) groups is 1. The maximum Gasteiger partial charge on any atom is 0.248 e. The molecule has 5 heteroatoms. The Balaban J connectivity index is 2.20. The van der Waals surface area contributed by atoms with E-state index in [-0.39, 0.29) is 18.6 Å². The molecule has 0 radical (unpaired) electrons. The number of amides is 1. The van der Waals surface area contributed by atoms with E-state index in [1.165, 1.54) is 0 Å². The number of ether oxygens (including phenoxy) is 2. The second kappa shape index (κ2) is 6.76. The lowest BCUT2D eigenvalue weighted by molar-refractivity contribution is -0.139. The molecule has 1 N–H and O–H groups in total. The summed E-state index contributed by atoms with van der Waals surface area (Å²) in [5, 5.41) is 3.24. The van der Waals surface area contributed by atoms with Gasteiger partial charge in [0.05, 0.1) is 13.2 Å². The highest BCUT2D eigenvalue weighted by Gasteiger charge is 2.22. The van der Waals surface area contributed by atoms with E-state index in [2.05, 4.69) is 5.32 Å². The highest BCUT2D eigenvalue weighted by atomic mass is 16.5. The van der Waals surface area contributed by atoms with Crippen LogP contribution in [0.5, 0.6) is 0 Å². The summed E-state index contributed by atoms with van der Waals surface area (Å²) in [5.74, 6) is 0.0695. The van der Waals surface area contributed by atoms with Crippen molar-refractivity contribution in [2.24, 2.45) is 0 Å². The Morgan fingerprint density at radius 1 is 1.53 bits per heavy atom. The SMILES string of the molecule is COCCOCC(=O)N1CCNC[C@H]1C. The van der Waals surface area contributed by atoms with E-state index < -0.39 is 0 Å². The Kier molecular flexibility index (Phi) is 5.60. The van der Waals surface area contributed by atoms with Gasteiger partial charge in [0.15, 0.2) is 0 Å². The van der Waals surface area contributed by atoms with E-state index in [1.54, 1.807) is 7.11 Å². The molecule has 1 saturated heterocycles. The molecule has 5 nitrogen and oxygen atoms in total. The lowest BCUT2D eigenvalue weighted by Gasteiger charge is -2.33. The Labute approximate surface area is 90.7 Å². The molecule has 0 aromatic rings. The summed E-state index contributed by atoms with van der Waals surface area (Å²) in [5.41, 5.74) is 0. The summed E-state index contributed by atoms with van der Waals surface area (Å²) in [6, 6.07) is 0.261. The first-order valence-corrected chi connectivity index (χ1v) is 5.32. The first kappa shape index (κ1) is 12.4. The van der Waals surface area contributed by atoms with Crippen molar-refractivity contribution >= 4 is 5.91 Å². The van der Waals surface area contributed by atoms with Gasteiger partial charge in [0, 0.05) is 32.8 Å². The molecule has 1 heterocycles. The van der Waals surface area contributed by atoms with E-state index >= 15 is 0 Å². The minimum atomic E-state index is 0.0695. The normalized spacial score (nSPS) is 21.7. The maximum atomic E-state index is 11.7. The third kappa shape index (κ3) is 4.15. The molecule has 0 aliphatic carbocycles. The molecule has 0 spiro atoms. The third-order valence-corrected chi connectivity index (χ3v) is 2.48. The number of nitrogens with zero attached hydrogens (tertiary/aromatic N) is 1. The average molecular weight is 216 g/mol.